The number of thiazole rings is 1. The van der Waals surface area contributed by atoms with Crippen molar-refractivity contribution in [1.82, 2.24) is 15.2 Å². The van der Waals surface area contributed by atoms with Crippen LogP contribution in [-0.2, 0) is 20.7 Å². The summed E-state index contributed by atoms with van der Waals surface area (Å²) in [6.07, 6.45) is 4.09. The lowest BCUT2D eigenvalue weighted by Crippen LogP contribution is -2.53. The molecular formula is C26H40N4O4S. The number of amides is 2. The van der Waals surface area contributed by atoms with Gasteiger partial charge in [0.25, 0.3) is 0 Å². The summed E-state index contributed by atoms with van der Waals surface area (Å²) in [5, 5.41) is 18.4. The Balaban J connectivity index is 1.22. The monoisotopic (exact) mass is 504 g/mol. The van der Waals surface area contributed by atoms with Crippen LogP contribution in [0.2, 0.25) is 0 Å². The Morgan fingerprint density at radius 1 is 1.29 bits per heavy atom. The number of anilines is 1. The van der Waals surface area contributed by atoms with Crippen molar-refractivity contribution >= 4 is 28.3 Å². The third-order valence-corrected chi connectivity index (χ3v) is 9.97. The molecule has 0 unspecified atom stereocenters. The molecule has 3 fully saturated rings. The maximum absolute atomic E-state index is 13.0. The van der Waals surface area contributed by atoms with Crippen molar-refractivity contribution in [3.63, 3.8) is 0 Å². The summed E-state index contributed by atoms with van der Waals surface area (Å²) in [5.74, 6) is 0.101. The predicted molar refractivity (Wildman–Crippen MR) is 135 cm³/mol. The molecule has 0 radical (unpaired) electrons. The first-order valence-corrected chi connectivity index (χ1v) is 14.1. The lowest BCUT2D eigenvalue weighted by atomic mass is 9.53. The van der Waals surface area contributed by atoms with Gasteiger partial charge < -0.3 is 20.5 Å². The summed E-state index contributed by atoms with van der Waals surface area (Å²) in [6.45, 7) is 11.2. The van der Waals surface area contributed by atoms with Gasteiger partial charge in [-0.3, -0.25) is 14.5 Å². The lowest BCUT2D eigenvalue weighted by molar-refractivity contribution is -0.134. The van der Waals surface area contributed by atoms with E-state index in [0.717, 1.165) is 70.6 Å². The van der Waals surface area contributed by atoms with Crippen LogP contribution in [-0.4, -0.2) is 72.3 Å². The molecule has 35 heavy (non-hydrogen) atoms. The molecule has 1 saturated heterocycles. The molecule has 1 aliphatic heterocycles. The summed E-state index contributed by atoms with van der Waals surface area (Å²) in [6, 6.07) is 0. The number of rotatable bonds is 7. The highest BCUT2D eigenvalue weighted by molar-refractivity contribution is 7.15. The number of fused-ring (bicyclic) bond motifs is 2. The molecule has 1 aromatic rings. The highest BCUT2D eigenvalue weighted by Gasteiger charge is 2.54. The van der Waals surface area contributed by atoms with Crippen LogP contribution in [0.3, 0.4) is 0 Å². The Morgan fingerprint density at radius 2 is 2.03 bits per heavy atom. The number of nitrogens with zero attached hydrogens (tertiary/aromatic N) is 2. The number of aliphatic hydroxyl groups is 1. The minimum absolute atomic E-state index is 0.0286. The normalized spacial score (nSPS) is 33.9. The van der Waals surface area contributed by atoms with Gasteiger partial charge in [0.05, 0.1) is 25.0 Å². The predicted octanol–water partition coefficient (Wildman–Crippen LogP) is 2.63. The number of aromatic nitrogens is 1. The molecule has 2 saturated carbocycles. The van der Waals surface area contributed by atoms with Crippen molar-refractivity contribution in [3.8, 4) is 0 Å². The lowest BCUT2D eigenvalue weighted by Gasteiger charge is -2.53. The van der Waals surface area contributed by atoms with Crippen molar-refractivity contribution in [1.29, 1.82) is 0 Å². The molecule has 9 heteroatoms. The summed E-state index contributed by atoms with van der Waals surface area (Å²) in [7, 11) is 0. The second-order valence-electron chi connectivity index (χ2n) is 11.5. The van der Waals surface area contributed by atoms with Crippen LogP contribution in [0.4, 0.5) is 5.13 Å². The number of aliphatic hydroxyl groups excluding tert-OH is 1. The second-order valence-corrected chi connectivity index (χ2v) is 12.5. The summed E-state index contributed by atoms with van der Waals surface area (Å²) in [5.41, 5.74) is 0.991. The number of ether oxygens (including phenoxy) is 1. The van der Waals surface area contributed by atoms with Crippen LogP contribution >= 0.6 is 11.3 Å². The van der Waals surface area contributed by atoms with Crippen LogP contribution < -0.4 is 10.6 Å². The highest BCUT2D eigenvalue weighted by atomic mass is 32.1. The molecule has 2 heterocycles. The van der Waals surface area contributed by atoms with Gasteiger partial charge in [0, 0.05) is 48.8 Å². The van der Waals surface area contributed by atoms with Crippen LogP contribution in [0.5, 0.6) is 0 Å². The van der Waals surface area contributed by atoms with E-state index in [1.54, 1.807) is 11.3 Å². The van der Waals surface area contributed by atoms with Gasteiger partial charge in [-0.15, -0.1) is 11.3 Å². The Hall–Kier alpha value is -1.55. The topological polar surface area (TPSA) is 104 Å². The highest BCUT2D eigenvalue weighted by Crippen LogP contribution is 2.57. The molecule has 3 N–H and O–H groups in total. The SMILES string of the molecule is C[C@H](C(=O)NCCN1CCOCC1)[C@H]1CC[C@]2(C)Cc3sc(NC(=O)C4CC4)nc3[C@H](C)[C@@H]2[C@H]1O. The molecule has 5 rings (SSSR count). The van der Waals surface area contributed by atoms with Crippen molar-refractivity contribution in [2.45, 2.75) is 64.9 Å². The van der Waals surface area contributed by atoms with E-state index in [1.807, 2.05) is 6.92 Å². The van der Waals surface area contributed by atoms with E-state index < -0.39 is 6.10 Å². The molecule has 194 valence electrons. The fourth-order valence-electron chi connectivity index (χ4n) is 6.67. The first-order valence-electron chi connectivity index (χ1n) is 13.3. The van der Waals surface area contributed by atoms with Crippen LogP contribution in [0.1, 0.15) is 62.9 Å². The summed E-state index contributed by atoms with van der Waals surface area (Å²) < 4.78 is 5.39. The van der Waals surface area contributed by atoms with Gasteiger partial charge >= 0.3 is 0 Å². The molecule has 2 amide bonds. The Labute approximate surface area is 212 Å². The fraction of sp³-hybridized carbons (Fsp3) is 0.808. The van der Waals surface area contributed by atoms with Crippen LogP contribution in [0, 0.1) is 29.1 Å². The van der Waals surface area contributed by atoms with E-state index in [1.165, 1.54) is 4.88 Å². The zero-order valence-corrected chi connectivity index (χ0v) is 22.0. The molecule has 3 aliphatic carbocycles. The molecule has 0 bridgehead atoms. The largest absolute Gasteiger partial charge is 0.392 e. The fourth-order valence-corrected chi connectivity index (χ4v) is 7.94. The average molecular weight is 505 g/mol. The van der Waals surface area contributed by atoms with E-state index in [0.29, 0.717) is 11.7 Å². The van der Waals surface area contributed by atoms with Crippen molar-refractivity contribution in [2.24, 2.45) is 29.1 Å². The minimum atomic E-state index is -0.553. The number of morpholine rings is 1. The Morgan fingerprint density at radius 3 is 2.74 bits per heavy atom. The number of nitrogens with one attached hydrogen (secondary N) is 2. The second kappa shape index (κ2) is 10.1. The number of hydrogen-bond acceptors (Lipinski definition) is 7. The third kappa shape index (κ3) is 5.15. The van der Waals surface area contributed by atoms with Crippen LogP contribution in [0.25, 0.3) is 0 Å². The van der Waals surface area contributed by atoms with E-state index in [-0.39, 0.29) is 46.8 Å². The van der Waals surface area contributed by atoms with E-state index in [9.17, 15) is 14.7 Å². The molecule has 6 atom stereocenters. The van der Waals surface area contributed by atoms with Crippen molar-refractivity contribution < 1.29 is 19.4 Å². The third-order valence-electron chi connectivity index (χ3n) is 8.99. The summed E-state index contributed by atoms with van der Waals surface area (Å²) in [4.78, 5) is 33.6. The Bertz CT molecular complexity index is 944. The first kappa shape index (κ1) is 25.1. The zero-order valence-electron chi connectivity index (χ0n) is 21.2. The molecule has 4 aliphatic rings. The maximum atomic E-state index is 13.0. The minimum Gasteiger partial charge on any atom is -0.392 e. The average Bonchev–Trinajstić information content (AvgIpc) is 3.61. The van der Waals surface area contributed by atoms with E-state index in [4.69, 9.17) is 9.72 Å². The quantitative estimate of drug-likeness (QED) is 0.528. The maximum Gasteiger partial charge on any atom is 0.229 e. The molecule has 8 nitrogen and oxygen atoms in total. The zero-order chi connectivity index (χ0) is 24.7. The molecule has 0 aromatic carbocycles. The smallest absolute Gasteiger partial charge is 0.229 e. The number of hydrogen-bond donors (Lipinski definition) is 3. The van der Waals surface area contributed by atoms with Gasteiger partial charge in [0.1, 0.15) is 0 Å². The molecular weight excluding hydrogens is 464 g/mol. The number of carbonyl (C=O) groups excluding carboxylic acids is 2. The van der Waals surface area contributed by atoms with Gasteiger partial charge in [-0.05, 0) is 49.4 Å². The standard InChI is InChI=1S/C26H40N4O4S/c1-15(23(32)27-8-9-30-10-12-34-13-11-30)18-6-7-26(3)14-19-21(16(2)20(26)22(18)31)28-25(35-19)29-24(33)17-4-5-17/h15-18,20,22,31H,4-14H2,1-3H3,(H,27,32)(H,28,29,33)/t15-,16+,18+,20+,22-,26+/m0/s1. The number of carbonyl (C=O) groups is 2. The van der Waals surface area contributed by atoms with Gasteiger partial charge in [-0.2, -0.15) is 0 Å². The molecule has 1 aromatic heterocycles. The van der Waals surface area contributed by atoms with E-state index >= 15 is 0 Å². The Kier molecular flexibility index (Phi) is 7.23. The molecule has 0 spiro atoms. The van der Waals surface area contributed by atoms with Gasteiger partial charge in [-0.25, -0.2) is 4.98 Å². The van der Waals surface area contributed by atoms with Crippen molar-refractivity contribution in [2.75, 3.05) is 44.7 Å². The van der Waals surface area contributed by atoms with Gasteiger partial charge in [0.15, 0.2) is 5.13 Å². The van der Waals surface area contributed by atoms with E-state index in [2.05, 4.69) is 29.4 Å². The first-order chi connectivity index (χ1) is 16.8. The summed E-state index contributed by atoms with van der Waals surface area (Å²) >= 11 is 1.60. The van der Waals surface area contributed by atoms with Crippen molar-refractivity contribution in [3.05, 3.63) is 10.6 Å². The van der Waals surface area contributed by atoms with Crippen LogP contribution in [0.15, 0.2) is 0 Å². The van der Waals surface area contributed by atoms with Gasteiger partial charge in [-0.1, -0.05) is 20.8 Å². The van der Waals surface area contributed by atoms with Gasteiger partial charge in [0.2, 0.25) is 11.8 Å².